The maximum atomic E-state index is 5.96. The Hall–Kier alpha value is -0.0200. The van der Waals surface area contributed by atoms with Crippen LogP contribution < -0.4 is 0 Å². The highest BCUT2D eigenvalue weighted by Crippen LogP contribution is 2.39. The second kappa shape index (κ2) is 3.38. The van der Waals surface area contributed by atoms with E-state index in [9.17, 15) is 0 Å². The predicted octanol–water partition coefficient (Wildman–Crippen LogP) is 4.78. The van der Waals surface area contributed by atoms with Crippen LogP contribution in [0.15, 0.2) is 22.2 Å². The molecule has 0 radical (unpaired) electrons. The first-order chi connectivity index (χ1) is 5.79. The number of halogens is 2. The van der Waals surface area contributed by atoms with E-state index < -0.39 is 0 Å². The second-order valence-corrected chi connectivity index (χ2v) is 4.71. The summed E-state index contributed by atoms with van der Waals surface area (Å²) < 4.78 is 0. The Morgan fingerprint density at radius 1 is 1.08 bits per heavy atom. The van der Waals surface area contributed by atoms with E-state index in [-0.39, 0.29) is 0 Å². The van der Waals surface area contributed by atoms with Crippen molar-refractivity contribution in [2.45, 2.75) is 0 Å². The minimum absolute atomic E-state index is 0.778. The van der Waals surface area contributed by atoms with Gasteiger partial charge in [-0.15, -0.1) is 11.3 Å². The zero-order valence-electron chi connectivity index (χ0n) is 5.88. The minimum atomic E-state index is 0.778. The molecule has 2 aromatic heterocycles. The molecule has 4 heteroatoms. The summed E-state index contributed by atoms with van der Waals surface area (Å²) in [6.45, 7) is 0. The molecule has 0 bridgehead atoms. The third-order valence-electron chi connectivity index (χ3n) is 1.48. The quantitative estimate of drug-likeness (QED) is 0.667. The van der Waals surface area contributed by atoms with E-state index in [4.69, 9.17) is 23.2 Å². The van der Waals surface area contributed by atoms with Crippen LogP contribution in [0, 0.1) is 0 Å². The summed E-state index contributed by atoms with van der Waals surface area (Å²) in [6.07, 6.45) is 0. The molecule has 2 rings (SSSR count). The van der Waals surface area contributed by atoms with Gasteiger partial charge >= 0.3 is 0 Å². The lowest BCUT2D eigenvalue weighted by molar-refractivity contribution is 1.88. The van der Waals surface area contributed by atoms with Crippen LogP contribution in [0.4, 0.5) is 0 Å². The van der Waals surface area contributed by atoms with Crippen molar-refractivity contribution >= 4 is 45.9 Å². The van der Waals surface area contributed by atoms with E-state index in [1.807, 2.05) is 22.2 Å². The van der Waals surface area contributed by atoms with E-state index >= 15 is 0 Å². The van der Waals surface area contributed by atoms with Gasteiger partial charge in [-0.2, -0.15) is 11.3 Å². The first-order valence-electron chi connectivity index (χ1n) is 3.24. The normalized spacial score (nSPS) is 10.5. The van der Waals surface area contributed by atoms with Crippen LogP contribution in [-0.4, -0.2) is 0 Å². The molecule has 0 unspecified atom stereocenters. The summed E-state index contributed by atoms with van der Waals surface area (Å²) in [6, 6.07) is 1.88. The minimum Gasteiger partial charge on any atom is -0.150 e. The van der Waals surface area contributed by atoms with E-state index in [1.165, 1.54) is 0 Å². The predicted molar refractivity (Wildman–Crippen MR) is 57.7 cm³/mol. The van der Waals surface area contributed by atoms with Crippen molar-refractivity contribution in [2.75, 3.05) is 0 Å². The molecular formula is C8H4Cl2S2. The van der Waals surface area contributed by atoms with Crippen molar-refractivity contribution in [2.24, 2.45) is 0 Å². The van der Waals surface area contributed by atoms with Gasteiger partial charge in [0.1, 0.15) is 0 Å². The van der Waals surface area contributed by atoms with Crippen molar-refractivity contribution in [1.82, 2.24) is 0 Å². The zero-order chi connectivity index (χ0) is 8.55. The summed E-state index contributed by atoms with van der Waals surface area (Å²) in [5.74, 6) is 0. The lowest BCUT2D eigenvalue weighted by Crippen LogP contribution is -1.66. The first-order valence-corrected chi connectivity index (χ1v) is 5.82. The molecule has 0 spiro atoms. The highest BCUT2D eigenvalue weighted by atomic mass is 35.5. The van der Waals surface area contributed by atoms with E-state index in [0.717, 1.165) is 20.5 Å². The average Bonchev–Trinajstić information content (AvgIpc) is 2.59. The fraction of sp³-hybridized carbons (Fsp3) is 0. The van der Waals surface area contributed by atoms with E-state index in [0.29, 0.717) is 0 Å². The lowest BCUT2D eigenvalue weighted by atomic mass is 10.3. The smallest absolute Gasteiger partial charge is 0.0600 e. The van der Waals surface area contributed by atoms with Gasteiger partial charge in [-0.1, -0.05) is 23.2 Å². The molecular weight excluding hydrogens is 231 g/mol. The molecule has 0 aliphatic heterocycles. The molecule has 0 aliphatic rings. The Morgan fingerprint density at radius 2 is 1.92 bits per heavy atom. The monoisotopic (exact) mass is 234 g/mol. The van der Waals surface area contributed by atoms with Gasteiger partial charge in [0.05, 0.1) is 14.9 Å². The van der Waals surface area contributed by atoms with Gasteiger partial charge in [0.2, 0.25) is 0 Å². The van der Waals surface area contributed by atoms with Gasteiger partial charge in [-0.05, 0) is 11.4 Å². The van der Waals surface area contributed by atoms with Crippen molar-refractivity contribution in [1.29, 1.82) is 0 Å². The summed E-state index contributed by atoms with van der Waals surface area (Å²) in [4.78, 5) is 1.06. The third-order valence-corrected chi connectivity index (χ3v) is 4.04. The molecule has 12 heavy (non-hydrogen) atoms. The Morgan fingerprint density at radius 3 is 2.42 bits per heavy atom. The Bertz CT molecular complexity index is 351. The van der Waals surface area contributed by atoms with Crippen LogP contribution in [-0.2, 0) is 0 Å². The van der Waals surface area contributed by atoms with E-state index in [2.05, 4.69) is 0 Å². The summed E-state index contributed by atoms with van der Waals surface area (Å²) in [5, 5.41) is 7.45. The Labute approximate surface area is 88.4 Å². The van der Waals surface area contributed by atoms with E-state index in [1.54, 1.807) is 22.7 Å². The van der Waals surface area contributed by atoms with Crippen molar-refractivity contribution in [3.05, 3.63) is 32.3 Å². The van der Waals surface area contributed by atoms with Crippen LogP contribution in [0.3, 0.4) is 0 Å². The third kappa shape index (κ3) is 1.40. The summed E-state index contributed by atoms with van der Waals surface area (Å²) in [7, 11) is 0. The van der Waals surface area contributed by atoms with Crippen LogP contribution in [0.5, 0.6) is 0 Å². The van der Waals surface area contributed by atoms with Crippen LogP contribution in [0.2, 0.25) is 10.0 Å². The highest BCUT2D eigenvalue weighted by Gasteiger charge is 2.08. The van der Waals surface area contributed by atoms with Crippen molar-refractivity contribution in [3.8, 4) is 10.4 Å². The Balaban J connectivity index is 2.57. The largest absolute Gasteiger partial charge is 0.150 e. The average molecular weight is 235 g/mol. The molecule has 0 aliphatic carbocycles. The van der Waals surface area contributed by atoms with Crippen LogP contribution in [0.1, 0.15) is 0 Å². The first kappa shape index (κ1) is 8.57. The molecule has 2 aromatic rings. The molecule has 62 valence electrons. The zero-order valence-corrected chi connectivity index (χ0v) is 9.03. The van der Waals surface area contributed by atoms with Gasteiger partial charge in [0.25, 0.3) is 0 Å². The molecule has 0 fully saturated rings. The SMILES string of the molecule is Clc1cscc1-c1sccc1Cl. The molecule has 0 atom stereocenters. The topological polar surface area (TPSA) is 0 Å². The van der Waals surface area contributed by atoms with Crippen LogP contribution in [0.25, 0.3) is 10.4 Å². The maximum Gasteiger partial charge on any atom is 0.0600 e. The Kier molecular flexibility index (Phi) is 2.42. The van der Waals surface area contributed by atoms with Crippen molar-refractivity contribution < 1.29 is 0 Å². The second-order valence-electron chi connectivity index (χ2n) is 2.23. The van der Waals surface area contributed by atoms with Gasteiger partial charge in [-0.3, -0.25) is 0 Å². The lowest BCUT2D eigenvalue weighted by Gasteiger charge is -1.93. The van der Waals surface area contributed by atoms with Gasteiger partial charge < -0.3 is 0 Å². The van der Waals surface area contributed by atoms with Gasteiger partial charge in [0, 0.05) is 16.3 Å². The molecule has 0 aromatic carbocycles. The summed E-state index contributed by atoms with van der Waals surface area (Å²) in [5.41, 5.74) is 1.04. The van der Waals surface area contributed by atoms with Crippen molar-refractivity contribution in [3.63, 3.8) is 0 Å². The molecule has 0 saturated heterocycles. The maximum absolute atomic E-state index is 5.96. The fourth-order valence-corrected chi connectivity index (χ4v) is 3.31. The molecule has 2 heterocycles. The fourth-order valence-electron chi connectivity index (χ4n) is 0.929. The number of hydrogen-bond acceptors (Lipinski definition) is 2. The molecule has 0 N–H and O–H groups in total. The van der Waals surface area contributed by atoms with Gasteiger partial charge in [0.15, 0.2) is 0 Å². The van der Waals surface area contributed by atoms with Crippen LogP contribution >= 0.6 is 45.9 Å². The number of hydrogen-bond donors (Lipinski definition) is 0. The number of thiophene rings is 2. The molecule has 0 nitrogen and oxygen atoms in total. The summed E-state index contributed by atoms with van der Waals surface area (Å²) >= 11 is 15.1. The molecule has 0 saturated carbocycles. The van der Waals surface area contributed by atoms with Gasteiger partial charge in [-0.25, -0.2) is 0 Å². The number of rotatable bonds is 1. The highest BCUT2D eigenvalue weighted by molar-refractivity contribution is 7.15. The molecule has 0 amide bonds. The standard InChI is InChI=1S/C8H4Cl2S2/c9-6-1-2-12-8(6)5-3-11-4-7(5)10/h1-4H.